The van der Waals surface area contributed by atoms with E-state index < -0.39 is 15.1 Å². The number of rotatable bonds is 5. The average molecular weight is 381 g/mol. The Morgan fingerprint density at radius 3 is 2.15 bits per heavy atom. The van der Waals surface area contributed by atoms with Crippen molar-refractivity contribution in [3.8, 4) is 11.9 Å². The summed E-state index contributed by atoms with van der Waals surface area (Å²) in [6.07, 6.45) is -0.249. The monoisotopic (exact) mass is 381 g/mol. The summed E-state index contributed by atoms with van der Waals surface area (Å²) in [7, 11) is -3.99. The lowest BCUT2D eigenvalue weighted by molar-refractivity contribution is 0.230. The van der Waals surface area contributed by atoms with Gasteiger partial charge in [0.15, 0.2) is 5.25 Å². The van der Waals surface area contributed by atoms with Crippen LogP contribution in [0.2, 0.25) is 0 Å². The number of ether oxygens (including phenoxy) is 1. The molecular formula is C20H19N3O3S. The minimum atomic E-state index is -3.99. The largest absolute Gasteiger partial charge is 0.474 e. The van der Waals surface area contributed by atoms with Gasteiger partial charge in [0.25, 0.3) is 0 Å². The summed E-state index contributed by atoms with van der Waals surface area (Å²) in [5, 5.41) is 8.19. The van der Waals surface area contributed by atoms with Crippen LogP contribution >= 0.6 is 0 Å². The van der Waals surface area contributed by atoms with Crippen molar-refractivity contribution < 1.29 is 13.2 Å². The molecule has 0 fully saturated rings. The van der Waals surface area contributed by atoms with Crippen LogP contribution in [0.5, 0.6) is 5.88 Å². The van der Waals surface area contributed by atoms with E-state index in [1.165, 1.54) is 12.1 Å². The summed E-state index contributed by atoms with van der Waals surface area (Å²) in [4.78, 5) is 8.89. The fourth-order valence-electron chi connectivity index (χ4n) is 2.62. The maximum atomic E-state index is 13.1. The van der Waals surface area contributed by atoms with Gasteiger partial charge in [-0.15, -0.1) is 0 Å². The van der Waals surface area contributed by atoms with Crippen LogP contribution in [0, 0.1) is 18.3 Å². The van der Waals surface area contributed by atoms with Crippen LogP contribution in [0.1, 0.15) is 30.4 Å². The normalized spacial score (nSPS) is 12.7. The molecule has 7 heteroatoms. The Morgan fingerprint density at radius 2 is 1.59 bits per heavy atom. The second-order valence-corrected chi connectivity index (χ2v) is 8.47. The molecule has 27 heavy (non-hydrogen) atoms. The average Bonchev–Trinajstić information content (AvgIpc) is 2.62. The molecule has 6 nitrogen and oxygen atoms in total. The van der Waals surface area contributed by atoms with E-state index in [9.17, 15) is 13.7 Å². The summed E-state index contributed by atoms with van der Waals surface area (Å²) in [6.45, 7) is 5.47. The van der Waals surface area contributed by atoms with E-state index in [1.54, 1.807) is 50.2 Å². The number of aryl methyl sites for hydroxylation is 1. The Labute approximate surface area is 158 Å². The van der Waals surface area contributed by atoms with Crippen molar-refractivity contribution in [1.29, 1.82) is 5.26 Å². The van der Waals surface area contributed by atoms with Crippen molar-refractivity contribution in [3.05, 3.63) is 59.8 Å². The van der Waals surface area contributed by atoms with Gasteiger partial charge in [-0.25, -0.2) is 18.4 Å². The molecule has 0 saturated carbocycles. The van der Waals surface area contributed by atoms with Gasteiger partial charge in [0.2, 0.25) is 15.7 Å². The van der Waals surface area contributed by atoms with Crippen molar-refractivity contribution in [1.82, 2.24) is 9.97 Å². The van der Waals surface area contributed by atoms with Crippen LogP contribution in [0.4, 0.5) is 0 Å². The van der Waals surface area contributed by atoms with Crippen LogP contribution in [-0.4, -0.2) is 24.5 Å². The lowest BCUT2D eigenvalue weighted by atomic mass is 10.2. The van der Waals surface area contributed by atoms with Gasteiger partial charge in [0.05, 0.1) is 28.1 Å². The molecule has 0 aliphatic carbocycles. The molecule has 3 rings (SSSR count). The van der Waals surface area contributed by atoms with Crippen LogP contribution in [-0.2, 0) is 9.84 Å². The van der Waals surface area contributed by atoms with Crippen molar-refractivity contribution in [2.24, 2.45) is 0 Å². The zero-order chi connectivity index (χ0) is 19.6. The van der Waals surface area contributed by atoms with Crippen LogP contribution in [0.15, 0.2) is 53.4 Å². The molecule has 0 amide bonds. The van der Waals surface area contributed by atoms with Crippen LogP contribution in [0.25, 0.3) is 11.0 Å². The molecule has 2 aromatic carbocycles. The standard InChI is InChI=1S/C20H19N3O3S/c1-13(2)26-20-19(22-16-6-4-5-7-17(16)23-20)18(12-21)27(24,25)15-10-8-14(3)9-11-15/h4-11,13,18H,1-3H3/t18-/m0/s1. The molecule has 0 aliphatic rings. The molecule has 3 aromatic rings. The minimum Gasteiger partial charge on any atom is -0.474 e. The first-order valence-corrected chi connectivity index (χ1v) is 10.0. The van der Waals surface area contributed by atoms with Gasteiger partial charge in [-0.05, 0) is 45.0 Å². The molecule has 0 unspecified atom stereocenters. The molecule has 0 radical (unpaired) electrons. The number of fused-ring (bicyclic) bond motifs is 1. The number of para-hydroxylation sites is 2. The van der Waals surface area contributed by atoms with Crippen LogP contribution < -0.4 is 4.74 Å². The van der Waals surface area contributed by atoms with E-state index in [0.29, 0.717) is 11.0 Å². The number of nitriles is 1. The van der Waals surface area contributed by atoms with E-state index in [4.69, 9.17) is 4.74 Å². The van der Waals surface area contributed by atoms with Crippen molar-refractivity contribution in [3.63, 3.8) is 0 Å². The Bertz CT molecular complexity index is 1120. The summed E-state index contributed by atoms with van der Waals surface area (Å²) in [5.74, 6) is 0.0611. The van der Waals surface area contributed by atoms with Gasteiger partial charge >= 0.3 is 0 Å². The first kappa shape index (κ1) is 18.8. The summed E-state index contributed by atoms with van der Waals surface area (Å²) < 4.78 is 31.9. The minimum absolute atomic E-state index is 0.00507. The quantitative estimate of drug-likeness (QED) is 0.668. The number of benzene rings is 2. The number of hydrogen-bond acceptors (Lipinski definition) is 6. The number of sulfone groups is 1. The van der Waals surface area contributed by atoms with Gasteiger partial charge in [-0.3, -0.25) is 0 Å². The molecule has 1 atom stereocenters. The summed E-state index contributed by atoms with van der Waals surface area (Å²) in [6, 6.07) is 15.3. The fraction of sp³-hybridized carbons (Fsp3) is 0.250. The van der Waals surface area contributed by atoms with Gasteiger partial charge in [0, 0.05) is 0 Å². The third kappa shape index (κ3) is 3.76. The molecular weight excluding hydrogens is 362 g/mol. The van der Waals surface area contributed by atoms with Gasteiger partial charge in [0.1, 0.15) is 5.69 Å². The Hall–Kier alpha value is -2.98. The molecule has 0 aliphatic heterocycles. The van der Waals surface area contributed by atoms with Gasteiger partial charge in [-0.2, -0.15) is 5.26 Å². The Morgan fingerprint density at radius 1 is 1.00 bits per heavy atom. The highest BCUT2D eigenvalue weighted by Crippen LogP contribution is 2.33. The van der Waals surface area contributed by atoms with Crippen molar-refractivity contribution in [2.45, 2.75) is 37.0 Å². The topological polar surface area (TPSA) is 92.9 Å². The zero-order valence-electron chi connectivity index (χ0n) is 15.2. The molecule has 0 spiro atoms. The highest BCUT2D eigenvalue weighted by molar-refractivity contribution is 7.92. The van der Waals surface area contributed by atoms with Gasteiger partial charge in [-0.1, -0.05) is 29.8 Å². The molecule has 1 heterocycles. The SMILES string of the molecule is Cc1ccc(S(=O)(=O)[C@@H](C#N)c2nc3ccccc3nc2OC(C)C)cc1. The molecule has 0 saturated heterocycles. The van der Waals surface area contributed by atoms with Crippen LogP contribution in [0.3, 0.4) is 0 Å². The molecule has 1 aromatic heterocycles. The molecule has 0 N–H and O–H groups in total. The van der Waals surface area contributed by atoms with Gasteiger partial charge < -0.3 is 4.74 Å². The summed E-state index contributed by atoms with van der Waals surface area (Å²) in [5.41, 5.74) is 2.01. The molecule has 0 bridgehead atoms. The number of nitrogens with zero attached hydrogens (tertiary/aromatic N) is 3. The first-order chi connectivity index (χ1) is 12.8. The second-order valence-electron chi connectivity index (χ2n) is 6.44. The lowest BCUT2D eigenvalue weighted by Gasteiger charge is -2.17. The molecule has 138 valence electrons. The maximum absolute atomic E-state index is 13.1. The highest BCUT2D eigenvalue weighted by Gasteiger charge is 2.34. The maximum Gasteiger partial charge on any atom is 0.239 e. The predicted octanol–water partition coefficient (Wildman–Crippen LogP) is 3.76. The van der Waals surface area contributed by atoms with E-state index >= 15 is 0 Å². The van der Waals surface area contributed by atoms with E-state index in [1.807, 2.05) is 13.0 Å². The lowest BCUT2D eigenvalue weighted by Crippen LogP contribution is -2.18. The predicted molar refractivity (Wildman–Crippen MR) is 102 cm³/mol. The summed E-state index contributed by atoms with van der Waals surface area (Å²) >= 11 is 0. The van der Waals surface area contributed by atoms with E-state index in [0.717, 1.165) is 5.56 Å². The Balaban J connectivity index is 2.20. The van der Waals surface area contributed by atoms with E-state index in [2.05, 4.69) is 9.97 Å². The van der Waals surface area contributed by atoms with Crippen molar-refractivity contribution in [2.75, 3.05) is 0 Å². The third-order valence-electron chi connectivity index (χ3n) is 3.94. The third-order valence-corrected chi connectivity index (χ3v) is 5.82. The zero-order valence-corrected chi connectivity index (χ0v) is 16.1. The number of aromatic nitrogens is 2. The highest BCUT2D eigenvalue weighted by atomic mass is 32.2. The fourth-order valence-corrected chi connectivity index (χ4v) is 3.99. The second kappa shape index (κ2) is 7.33. The van der Waals surface area contributed by atoms with Crippen molar-refractivity contribution >= 4 is 20.9 Å². The number of hydrogen-bond donors (Lipinski definition) is 0. The Kier molecular flexibility index (Phi) is 5.10. The van der Waals surface area contributed by atoms with E-state index in [-0.39, 0.29) is 22.6 Å². The first-order valence-electron chi connectivity index (χ1n) is 8.46. The smallest absolute Gasteiger partial charge is 0.239 e.